The number of carboxylic acids is 1. The summed E-state index contributed by atoms with van der Waals surface area (Å²) in [5.74, 6) is -1.58. The van der Waals surface area contributed by atoms with Gasteiger partial charge in [-0.1, -0.05) is 0 Å². The molecule has 0 saturated carbocycles. The van der Waals surface area contributed by atoms with E-state index in [1.54, 1.807) is 6.92 Å². The van der Waals surface area contributed by atoms with Gasteiger partial charge in [0.25, 0.3) is 10.0 Å². The highest BCUT2D eigenvalue weighted by Gasteiger charge is 2.27. The molecule has 0 unspecified atom stereocenters. The Morgan fingerprint density at radius 1 is 1.45 bits per heavy atom. The first-order valence-electron chi connectivity index (χ1n) is 5.77. The first kappa shape index (κ1) is 16.6. The van der Waals surface area contributed by atoms with Gasteiger partial charge in [0.2, 0.25) is 5.91 Å². The van der Waals surface area contributed by atoms with Crippen molar-refractivity contribution in [2.45, 2.75) is 18.1 Å². The van der Waals surface area contributed by atoms with Gasteiger partial charge in [0, 0.05) is 13.6 Å². The quantitative estimate of drug-likeness (QED) is 0.795. The molecule has 0 aliphatic carbocycles. The third-order valence-corrected chi connectivity index (χ3v) is 5.97. The van der Waals surface area contributed by atoms with Crippen LogP contribution < -0.4 is 5.32 Å². The molecule has 20 heavy (non-hydrogen) atoms. The van der Waals surface area contributed by atoms with Crippen molar-refractivity contribution in [2.24, 2.45) is 0 Å². The first-order chi connectivity index (χ1) is 9.20. The highest BCUT2D eigenvalue weighted by Crippen LogP contribution is 2.27. The van der Waals surface area contributed by atoms with E-state index in [1.807, 2.05) is 0 Å². The van der Waals surface area contributed by atoms with E-state index in [0.717, 1.165) is 4.31 Å². The van der Waals surface area contributed by atoms with Crippen LogP contribution in [0.2, 0.25) is 0 Å². The predicted molar refractivity (Wildman–Crippen MR) is 74.5 cm³/mol. The number of aromatic carboxylic acids is 1. The Hall–Kier alpha value is -1.45. The monoisotopic (exact) mass is 320 g/mol. The van der Waals surface area contributed by atoms with Gasteiger partial charge in [-0.05, 0) is 25.5 Å². The number of amides is 1. The van der Waals surface area contributed by atoms with Crippen LogP contribution in [0.25, 0.3) is 0 Å². The van der Waals surface area contributed by atoms with E-state index < -0.39 is 21.9 Å². The van der Waals surface area contributed by atoms with E-state index >= 15 is 0 Å². The second-order valence-electron chi connectivity index (χ2n) is 4.10. The SMILES string of the molecule is CCNC(=O)CN(C)S(=O)(=O)c1cc(C)c(C(=O)O)s1. The summed E-state index contributed by atoms with van der Waals surface area (Å²) >= 11 is 0.682. The van der Waals surface area contributed by atoms with Gasteiger partial charge in [0.15, 0.2) is 0 Å². The molecule has 1 heterocycles. The molecule has 0 atom stereocenters. The predicted octanol–water partition coefficient (Wildman–Crippen LogP) is 0.511. The van der Waals surface area contributed by atoms with E-state index in [-0.39, 0.29) is 15.6 Å². The third-order valence-electron chi connectivity index (χ3n) is 2.49. The number of thiophene rings is 1. The Balaban J connectivity index is 3.01. The molecule has 0 fully saturated rings. The zero-order chi connectivity index (χ0) is 15.5. The van der Waals surface area contributed by atoms with Crippen molar-refractivity contribution < 1.29 is 23.1 Å². The van der Waals surface area contributed by atoms with Crippen LogP contribution in [0, 0.1) is 6.92 Å². The molecule has 0 aromatic carbocycles. The summed E-state index contributed by atoms with van der Waals surface area (Å²) in [6, 6.07) is 1.30. The van der Waals surface area contributed by atoms with E-state index in [1.165, 1.54) is 20.0 Å². The minimum absolute atomic E-state index is 0.0185. The fourth-order valence-corrected chi connectivity index (χ4v) is 4.20. The van der Waals surface area contributed by atoms with Crippen LogP contribution in [0.3, 0.4) is 0 Å². The van der Waals surface area contributed by atoms with Gasteiger partial charge in [0.1, 0.15) is 9.09 Å². The summed E-state index contributed by atoms with van der Waals surface area (Å²) in [5.41, 5.74) is 0.382. The molecule has 0 radical (unpaired) electrons. The Bertz CT molecular complexity index is 621. The Kier molecular flexibility index (Phi) is 5.26. The van der Waals surface area contributed by atoms with Gasteiger partial charge in [0.05, 0.1) is 6.54 Å². The molecule has 0 spiro atoms. The molecule has 9 heteroatoms. The number of nitrogens with zero attached hydrogens (tertiary/aromatic N) is 1. The molecular formula is C11H16N2O5S2. The molecule has 0 bridgehead atoms. The standard InChI is InChI=1S/C11H16N2O5S2/c1-4-12-8(14)6-13(3)20(17,18)9-5-7(2)10(19-9)11(15)16/h5H,4,6H2,1-3H3,(H,12,14)(H,15,16). The van der Waals surface area contributed by atoms with Crippen LogP contribution >= 0.6 is 11.3 Å². The molecule has 1 amide bonds. The highest BCUT2D eigenvalue weighted by atomic mass is 32.2. The molecule has 1 aromatic rings. The van der Waals surface area contributed by atoms with Gasteiger partial charge >= 0.3 is 5.97 Å². The summed E-state index contributed by atoms with van der Waals surface area (Å²) in [5, 5.41) is 11.4. The van der Waals surface area contributed by atoms with Crippen LogP contribution in [0.1, 0.15) is 22.2 Å². The van der Waals surface area contributed by atoms with Crippen LogP contribution in [0.5, 0.6) is 0 Å². The Labute approximate surface area is 121 Å². The Morgan fingerprint density at radius 2 is 2.05 bits per heavy atom. The van der Waals surface area contributed by atoms with Gasteiger partial charge in [-0.15, -0.1) is 11.3 Å². The molecule has 1 rings (SSSR count). The maximum absolute atomic E-state index is 12.2. The largest absolute Gasteiger partial charge is 0.477 e. The summed E-state index contributed by atoms with van der Waals surface area (Å²) in [7, 11) is -2.58. The zero-order valence-electron chi connectivity index (χ0n) is 11.3. The molecule has 0 aliphatic heterocycles. The van der Waals surface area contributed by atoms with E-state index in [0.29, 0.717) is 23.4 Å². The van der Waals surface area contributed by atoms with Gasteiger partial charge in [-0.25, -0.2) is 13.2 Å². The van der Waals surface area contributed by atoms with E-state index in [4.69, 9.17) is 5.11 Å². The second kappa shape index (κ2) is 6.33. The van der Waals surface area contributed by atoms with Gasteiger partial charge < -0.3 is 10.4 Å². The maximum atomic E-state index is 12.2. The number of likely N-dealkylation sites (N-methyl/N-ethyl adjacent to an activating group) is 2. The van der Waals surface area contributed by atoms with E-state index in [2.05, 4.69) is 5.32 Å². The number of carbonyl (C=O) groups is 2. The molecular weight excluding hydrogens is 304 g/mol. The topological polar surface area (TPSA) is 104 Å². The number of rotatable bonds is 6. The minimum Gasteiger partial charge on any atom is -0.477 e. The number of carboxylic acid groups (broad SMARTS) is 1. The fraction of sp³-hybridized carbons (Fsp3) is 0.455. The number of carbonyl (C=O) groups excluding carboxylic acids is 1. The maximum Gasteiger partial charge on any atom is 0.346 e. The highest BCUT2D eigenvalue weighted by molar-refractivity contribution is 7.91. The van der Waals surface area contributed by atoms with Crippen molar-refractivity contribution in [3.8, 4) is 0 Å². The second-order valence-corrected chi connectivity index (χ2v) is 7.42. The molecule has 2 N–H and O–H groups in total. The smallest absolute Gasteiger partial charge is 0.346 e. The van der Waals surface area contributed by atoms with Crippen molar-refractivity contribution in [3.63, 3.8) is 0 Å². The lowest BCUT2D eigenvalue weighted by Gasteiger charge is -2.15. The summed E-state index contributed by atoms with van der Waals surface area (Å²) in [6.45, 7) is 3.36. The van der Waals surface area contributed by atoms with Crippen molar-refractivity contribution >= 4 is 33.2 Å². The van der Waals surface area contributed by atoms with Crippen molar-refractivity contribution in [1.82, 2.24) is 9.62 Å². The molecule has 1 aromatic heterocycles. The van der Waals surface area contributed by atoms with Crippen molar-refractivity contribution in [3.05, 3.63) is 16.5 Å². The summed E-state index contributed by atoms with van der Waals surface area (Å²) < 4.78 is 25.3. The normalized spacial score (nSPS) is 11.6. The van der Waals surface area contributed by atoms with Crippen molar-refractivity contribution in [1.29, 1.82) is 0 Å². The van der Waals surface area contributed by atoms with Gasteiger partial charge in [-0.2, -0.15) is 4.31 Å². The fourth-order valence-electron chi connectivity index (χ4n) is 1.49. The number of hydrogen-bond acceptors (Lipinski definition) is 5. The van der Waals surface area contributed by atoms with Crippen LogP contribution in [0.4, 0.5) is 0 Å². The van der Waals surface area contributed by atoms with Crippen LogP contribution in [-0.4, -0.2) is 49.8 Å². The number of sulfonamides is 1. The molecule has 0 aliphatic rings. The lowest BCUT2D eigenvalue weighted by molar-refractivity contribution is -0.121. The average Bonchev–Trinajstić information content (AvgIpc) is 2.72. The summed E-state index contributed by atoms with van der Waals surface area (Å²) in [6.07, 6.45) is 0. The van der Waals surface area contributed by atoms with Crippen LogP contribution in [-0.2, 0) is 14.8 Å². The molecule has 0 saturated heterocycles. The molecule has 112 valence electrons. The first-order valence-corrected chi connectivity index (χ1v) is 8.02. The van der Waals surface area contributed by atoms with Crippen LogP contribution in [0.15, 0.2) is 10.3 Å². The number of aryl methyl sites for hydroxylation is 1. The molecule has 7 nitrogen and oxygen atoms in total. The third kappa shape index (κ3) is 3.56. The summed E-state index contributed by atoms with van der Waals surface area (Å²) in [4.78, 5) is 22.3. The number of hydrogen-bond donors (Lipinski definition) is 2. The number of nitrogens with one attached hydrogen (secondary N) is 1. The Morgan fingerprint density at radius 3 is 2.50 bits per heavy atom. The zero-order valence-corrected chi connectivity index (χ0v) is 13.0. The lowest BCUT2D eigenvalue weighted by atomic mass is 10.3. The minimum atomic E-state index is -3.86. The van der Waals surface area contributed by atoms with Gasteiger partial charge in [-0.3, -0.25) is 4.79 Å². The lowest BCUT2D eigenvalue weighted by Crippen LogP contribution is -2.37. The van der Waals surface area contributed by atoms with Crippen molar-refractivity contribution in [2.75, 3.05) is 20.1 Å². The average molecular weight is 320 g/mol. The van der Waals surface area contributed by atoms with E-state index in [9.17, 15) is 18.0 Å².